The van der Waals surface area contributed by atoms with Crippen LogP contribution in [0.15, 0.2) is 0 Å². The van der Waals surface area contributed by atoms with Crippen LogP contribution in [-0.4, -0.2) is 36.0 Å². The Kier molecular flexibility index (Phi) is 4.38. The Hall–Kier alpha value is 0.0969. The molecule has 0 spiro atoms. The smallest absolute Gasteiger partial charge is 0.337 e. The molecule has 0 atom stereocenters. The van der Waals surface area contributed by atoms with E-state index in [9.17, 15) is 0 Å². The molecule has 1 fully saturated rings. The number of ether oxygens (including phenoxy) is 1. The maximum atomic E-state index is 5.53. The maximum Gasteiger partial charge on any atom is 0.337 e. The van der Waals surface area contributed by atoms with Crippen LogP contribution in [0.4, 0.5) is 0 Å². The van der Waals surface area contributed by atoms with E-state index in [4.69, 9.17) is 13.6 Å². The zero-order valence-electron chi connectivity index (χ0n) is 8.84. The van der Waals surface area contributed by atoms with Gasteiger partial charge in [-0.25, -0.2) is 0 Å². The molecule has 0 aromatic carbocycles. The first-order chi connectivity index (χ1) is 6.26. The monoisotopic (exact) mass is 204 g/mol. The minimum atomic E-state index is -1.82. The lowest BCUT2D eigenvalue weighted by atomic mass is 10.1. The zero-order valence-corrected chi connectivity index (χ0v) is 9.84. The fourth-order valence-electron chi connectivity index (χ4n) is 1.63. The summed E-state index contributed by atoms with van der Waals surface area (Å²) in [4.78, 5) is 0. The molecule has 78 valence electrons. The summed E-state index contributed by atoms with van der Waals surface area (Å²) in [6.07, 6.45) is 1.20. The van der Waals surface area contributed by atoms with E-state index < -0.39 is 8.56 Å². The van der Waals surface area contributed by atoms with Crippen molar-refractivity contribution in [3.63, 3.8) is 0 Å². The first-order valence-electron chi connectivity index (χ1n) is 4.94. The Labute approximate surface area is 81.6 Å². The van der Waals surface area contributed by atoms with E-state index in [0.717, 1.165) is 31.2 Å². The average Bonchev–Trinajstić information content (AvgIpc) is 2.11. The molecule has 4 heteroatoms. The molecule has 0 amide bonds. The Morgan fingerprint density at radius 2 is 1.92 bits per heavy atom. The van der Waals surface area contributed by atoms with Gasteiger partial charge in [0.05, 0.1) is 13.2 Å². The van der Waals surface area contributed by atoms with Crippen LogP contribution in [0.3, 0.4) is 0 Å². The molecule has 1 heterocycles. The van der Waals surface area contributed by atoms with Gasteiger partial charge in [0.25, 0.3) is 0 Å². The molecule has 13 heavy (non-hydrogen) atoms. The summed E-state index contributed by atoms with van der Waals surface area (Å²) >= 11 is 0. The highest BCUT2D eigenvalue weighted by Gasteiger charge is 2.34. The molecule has 0 aliphatic carbocycles. The molecule has 0 saturated carbocycles. The summed E-state index contributed by atoms with van der Waals surface area (Å²) < 4.78 is 16.2. The molecular weight excluding hydrogens is 184 g/mol. The van der Waals surface area contributed by atoms with Gasteiger partial charge in [-0.2, -0.15) is 0 Å². The maximum absolute atomic E-state index is 5.53. The van der Waals surface area contributed by atoms with Crippen LogP contribution in [0, 0.1) is 5.92 Å². The van der Waals surface area contributed by atoms with E-state index in [2.05, 4.69) is 6.92 Å². The predicted octanol–water partition coefficient (Wildman–Crippen LogP) is 1.78. The van der Waals surface area contributed by atoms with Gasteiger partial charge >= 0.3 is 8.56 Å². The summed E-state index contributed by atoms with van der Waals surface area (Å²) in [6, 6.07) is 2.14. The zero-order chi connectivity index (χ0) is 9.73. The summed E-state index contributed by atoms with van der Waals surface area (Å²) in [5.41, 5.74) is 0. The van der Waals surface area contributed by atoms with Crippen molar-refractivity contribution in [3.8, 4) is 0 Å². The van der Waals surface area contributed by atoms with E-state index in [1.54, 1.807) is 14.2 Å². The van der Waals surface area contributed by atoms with Gasteiger partial charge in [0.1, 0.15) is 0 Å². The van der Waals surface area contributed by atoms with Crippen LogP contribution >= 0.6 is 0 Å². The van der Waals surface area contributed by atoms with Crippen molar-refractivity contribution in [2.24, 2.45) is 5.92 Å². The standard InChI is InChI=1S/C9H20O3Si/c1-4-13(10-2,11-3)6-5-9-7-12-8-9/h9H,4-8H2,1-3H3. The van der Waals surface area contributed by atoms with Gasteiger partial charge in [-0.1, -0.05) is 6.92 Å². The molecule has 0 aromatic heterocycles. The second-order valence-electron chi connectivity index (χ2n) is 3.61. The van der Waals surface area contributed by atoms with Crippen molar-refractivity contribution >= 4 is 8.56 Å². The summed E-state index contributed by atoms with van der Waals surface area (Å²) in [7, 11) is 1.73. The molecular formula is C9H20O3Si. The van der Waals surface area contributed by atoms with E-state index in [1.807, 2.05) is 0 Å². The molecule has 0 radical (unpaired) electrons. The molecule has 0 aromatic rings. The summed E-state index contributed by atoms with van der Waals surface area (Å²) in [6.45, 7) is 4.01. The van der Waals surface area contributed by atoms with E-state index in [0.29, 0.717) is 0 Å². The first kappa shape index (κ1) is 11.2. The quantitative estimate of drug-likeness (QED) is 0.617. The lowest BCUT2D eigenvalue weighted by Crippen LogP contribution is -2.41. The fourth-order valence-corrected chi connectivity index (χ4v) is 3.98. The SMILES string of the molecule is CC[Si](CCC1COC1)(OC)OC. The second-order valence-corrected chi connectivity index (χ2v) is 7.46. The molecule has 1 aliphatic heterocycles. The van der Waals surface area contributed by atoms with Crippen LogP contribution in [0.1, 0.15) is 13.3 Å². The molecule has 1 saturated heterocycles. The van der Waals surface area contributed by atoms with Crippen molar-refractivity contribution in [2.45, 2.75) is 25.4 Å². The van der Waals surface area contributed by atoms with E-state index >= 15 is 0 Å². The Morgan fingerprint density at radius 3 is 2.23 bits per heavy atom. The lowest BCUT2D eigenvalue weighted by molar-refractivity contribution is -0.0341. The molecule has 1 rings (SSSR count). The van der Waals surface area contributed by atoms with Gasteiger partial charge in [-0.05, 0) is 18.5 Å². The molecule has 0 bridgehead atoms. The van der Waals surface area contributed by atoms with Gasteiger partial charge < -0.3 is 13.6 Å². The van der Waals surface area contributed by atoms with Crippen LogP contribution < -0.4 is 0 Å². The first-order valence-corrected chi connectivity index (χ1v) is 7.17. The molecule has 0 N–H and O–H groups in total. The topological polar surface area (TPSA) is 27.7 Å². The van der Waals surface area contributed by atoms with Gasteiger partial charge in [-0.15, -0.1) is 0 Å². The minimum Gasteiger partial charge on any atom is -0.398 e. The normalized spacial score (nSPS) is 18.7. The number of hydrogen-bond donors (Lipinski definition) is 0. The number of rotatable bonds is 6. The van der Waals surface area contributed by atoms with Crippen LogP contribution in [-0.2, 0) is 13.6 Å². The minimum absolute atomic E-state index is 0.753. The van der Waals surface area contributed by atoms with Gasteiger partial charge in [0.15, 0.2) is 0 Å². The molecule has 0 unspecified atom stereocenters. The fraction of sp³-hybridized carbons (Fsp3) is 1.00. The summed E-state index contributed by atoms with van der Waals surface area (Å²) in [5, 5.41) is 0. The van der Waals surface area contributed by atoms with Crippen molar-refractivity contribution in [1.82, 2.24) is 0 Å². The van der Waals surface area contributed by atoms with Crippen molar-refractivity contribution in [1.29, 1.82) is 0 Å². The average molecular weight is 204 g/mol. The van der Waals surface area contributed by atoms with Crippen LogP contribution in [0.5, 0.6) is 0 Å². The Morgan fingerprint density at radius 1 is 1.31 bits per heavy atom. The largest absolute Gasteiger partial charge is 0.398 e. The predicted molar refractivity (Wildman–Crippen MR) is 54.0 cm³/mol. The van der Waals surface area contributed by atoms with Gasteiger partial charge in [-0.3, -0.25) is 0 Å². The van der Waals surface area contributed by atoms with Gasteiger partial charge in [0.2, 0.25) is 0 Å². The third-order valence-corrected chi connectivity index (χ3v) is 6.54. The Balaban J connectivity index is 2.27. The molecule has 3 nitrogen and oxygen atoms in total. The molecule has 1 aliphatic rings. The van der Waals surface area contributed by atoms with Crippen molar-refractivity contribution < 1.29 is 13.6 Å². The second kappa shape index (κ2) is 5.10. The van der Waals surface area contributed by atoms with Gasteiger partial charge in [0, 0.05) is 20.1 Å². The van der Waals surface area contributed by atoms with E-state index in [1.165, 1.54) is 6.42 Å². The summed E-state index contributed by atoms with van der Waals surface area (Å²) in [5.74, 6) is 0.753. The Bertz CT molecular complexity index is 136. The third-order valence-electron chi connectivity index (χ3n) is 2.92. The third kappa shape index (κ3) is 2.77. The van der Waals surface area contributed by atoms with Crippen molar-refractivity contribution in [2.75, 3.05) is 27.4 Å². The highest BCUT2D eigenvalue weighted by molar-refractivity contribution is 6.67. The number of hydrogen-bond acceptors (Lipinski definition) is 3. The highest BCUT2D eigenvalue weighted by Crippen LogP contribution is 2.25. The van der Waals surface area contributed by atoms with Crippen LogP contribution in [0.25, 0.3) is 0 Å². The van der Waals surface area contributed by atoms with E-state index in [-0.39, 0.29) is 0 Å². The van der Waals surface area contributed by atoms with Crippen molar-refractivity contribution in [3.05, 3.63) is 0 Å². The van der Waals surface area contributed by atoms with Crippen LogP contribution in [0.2, 0.25) is 12.1 Å². The lowest BCUT2D eigenvalue weighted by Gasteiger charge is -2.31. The highest BCUT2D eigenvalue weighted by atomic mass is 28.4.